The lowest BCUT2D eigenvalue weighted by Crippen LogP contribution is -2.46. The number of amides is 1. The van der Waals surface area contributed by atoms with E-state index < -0.39 is 6.10 Å². The summed E-state index contributed by atoms with van der Waals surface area (Å²) < 4.78 is 5.13. The molecule has 0 saturated carbocycles. The number of carbonyl (C=O) groups excluding carboxylic acids is 1. The normalized spacial score (nSPS) is 17.9. The Balaban J connectivity index is 1.99. The topological polar surface area (TPSA) is 53.0 Å². The zero-order valence-electron chi connectivity index (χ0n) is 13.0. The van der Waals surface area contributed by atoms with Gasteiger partial charge in [0.2, 0.25) is 0 Å². The number of ether oxygens (including phenoxy) is 1. The first-order valence-electron chi connectivity index (χ1n) is 7.30. The van der Waals surface area contributed by atoms with Crippen LogP contribution in [0.4, 0.5) is 0 Å². The number of benzene rings is 1. The van der Waals surface area contributed by atoms with Gasteiger partial charge in [0, 0.05) is 19.1 Å². The second-order valence-corrected chi connectivity index (χ2v) is 5.70. The van der Waals surface area contributed by atoms with Crippen LogP contribution in [0.25, 0.3) is 0 Å². The molecular formula is C16H24N2O3. The number of likely N-dealkylation sites (tertiary alicyclic amines) is 1. The summed E-state index contributed by atoms with van der Waals surface area (Å²) in [4.78, 5) is 16.3. The molecule has 0 radical (unpaired) electrons. The summed E-state index contributed by atoms with van der Waals surface area (Å²) in [6.45, 7) is 1.39. The number of hydrogen-bond acceptors (Lipinski definition) is 4. The zero-order chi connectivity index (χ0) is 15.4. The highest BCUT2D eigenvalue weighted by atomic mass is 16.5. The highest BCUT2D eigenvalue weighted by Gasteiger charge is 2.28. The average molecular weight is 292 g/mol. The van der Waals surface area contributed by atoms with E-state index in [0.717, 1.165) is 12.8 Å². The second kappa shape index (κ2) is 6.91. The predicted molar refractivity (Wildman–Crippen MR) is 81.2 cm³/mol. The summed E-state index contributed by atoms with van der Waals surface area (Å²) in [7, 11) is 5.69. The van der Waals surface area contributed by atoms with Gasteiger partial charge in [-0.15, -0.1) is 0 Å². The molecule has 1 fully saturated rings. The van der Waals surface area contributed by atoms with Crippen LogP contribution in [0.1, 0.15) is 24.5 Å². The molecule has 5 nitrogen and oxygen atoms in total. The van der Waals surface area contributed by atoms with Crippen LogP contribution in [0.5, 0.6) is 5.75 Å². The molecule has 1 atom stereocenters. The molecule has 1 amide bonds. The van der Waals surface area contributed by atoms with Crippen molar-refractivity contribution in [1.29, 1.82) is 0 Å². The third-order valence-corrected chi connectivity index (χ3v) is 4.15. The van der Waals surface area contributed by atoms with Crippen LogP contribution in [0.15, 0.2) is 24.3 Å². The van der Waals surface area contributed by atoms with Crippen molar-refractivity contribution < 1.29 is 14.6 Å². The van der Waals surface area contributed by atoms with Gasteiger partial charge in [0.05, 0.1) is 7.11 Å². The number of carbonyl (C=O) groups is 1. The maximum atomic E-state index is 12.4. The number of piperidine rings is 1. The number of aliphatic hydroxyl groups is 1. The van der Waals surface area contributed by atoms with Crippen LogP contribution in [-0.2, 0) is 4.79 Å². The van der Waals surface area contributed by atoms with Gasteiger partial charge in [-0.25, -0.2) is 0 Å². The highest BCUT2D eigenvalue weighted by molar-refractivity contribution is 5.82. The smallest absolute Gasteiger partial charge is 0.256 e. The van der Waals surface area contributed by atoms with E-state index in [1.54, 1.807) is 36.3 Å². The van der Waals surface area contributed by atoms with Crippen LogP contribution in [0.3, 0.4) is 0 Å². The van der Waals surface area contributed by atoms with Gasteiger partial charge in [-0.2, -0.15) is 0 Å². The van der Waals surface area contributed by atoms with Crippen molar-refractivity contribution >= 4 is 5.91 Å². The summed E-state index contributed by atoms with van der Waals surface area (Å²) >= 11 is 0. The minimum atomic E-state index is -1.11. The first kappa shape index (κ1) is 15.8. The van der Waals surface area contributed by atoms with Crippen molar-refractivity contribution in [2.45, 2.75) is 25.0 Å². The molecule has 0 aliphatic carbocycles. The van der Waals surface area contributed by atoms with Crippen LogP contribution >= 0.6 is 0 Å². The molecule has 1 saturated heterocycles. The molecule has 5 heteroatoms. The Morgan fingerprint density at radius 2 is 2.05 bits per heavy atom. The summed E-state index contributed by atoms with van der Waals surface area (Å²) in [6.07, 6.45) is 0.781. The molecule has 0 aromatic heterocycles. The zero-order valence-corrected chi connectivity index (χ0v) is 13.0. The molecule has 1 aliphatic rings. The molecule has 2 rings (SSSR count). The van der Waals surface area contributed by atoms with E-state index in [-0.39, 0.29) is 5.91 Å². The monoisotopic (exact) mass is 292 g/mol. The Morgan fingerprint density at radius 1 is 1.38 bits per heavy atom. The molecule has 21 heavy (non-hydrogen) atoms. The van der Waals surface area contributed by atoms with Crippen molar-refractivity contribution in [3.05, 3.63) is 29.8 Å². The first-order valence-corrected chi connectivity index (χ1v) is 7.30. The largest absolute Gasteiger partial charge is 0.497 e. The van der Waals surface area contributed by atoms with Gasteiger partial charge in [-0.1, -0.05) is 12.1 Å². The van der Waals surface area contributed by atoms with Crippen LogP contribution in [0.2, 0.25) is 0 Å². The van der Waals surface area contributed by atoms with E-state index in [9.17, 15) is 9.90 Å². The summed E-state index contributed by atoms with van der Waals surface area (Å²) in [5.41, 5.74) is 0.578. The van der Waals surface area contributed by atoms with E-state index in [2.05, 4.69) is 19.0 Å². The van der Waals surface area contributed by atoms with E-state index in [4.69, 9.17) is 4.74 Å². The lowest BCUT2D eigenvalue weighted by Gasteiger charge is -2.36. The molecule has 1 aromatic carbocycles. The molecule has 1 aromatic rings. The minimum absolute atomic E-state index is 0.222. The predicted octanol–water partition coefficient (Wildman–Crippen LogP) is 1.28. The Labute approximate surface area is 126 Å². The van der Waals surface area contributed by atoms with E-state index in [0.29, 0.717) is 30.4 Å². The van der Waals surface area contributed by atoms with Crippen molar-refractivity contribution in [2.24, 2.45) is 0 Å². The minimum Gasteiger partial charge on any atom is -0.497 e. The molecule has 1 unspecified atom stereocenters. The standard InChI is InChI=1S/C16H24N2O3/c1-17(2)13-7-9-18(10-8-13)16(20)15(19)12-5-4-6-14(11-12)21-3/h4-6,11,13,15,19H,7-10H2,1-3H3. The molecule has 116 valence electrons. The van der Waals surface area contributed by atoms with E-state index in [1.807, 2.05) is 0 Å². The molecular weight excluding hydrogens is 268 g/mol. The van der Waals surface area contributed by atoms with Gasteiger partial charge in [0.25, 0.3) is 5.91 Å². The third-order valence-electron chi connectivity index (χ3n) is 4.15. The van der Waals surface area contributed by atoms with Crippen molar-refractivity contribution in [3.63, 3.8) is 0 Å². The molecule has 1 aliphatic heterocycles. The van der Waals surface area contributed by atoms with Crippen LogP contribution < -0.4 is 4.74 Å². The fraction of sp³-hybridized carbons (Fsp3) is 0.562. The van der Waals surface area contributed by atoms with Crippen molar-refractivity contribution in [3.8, 4) is 5.75 Å². The quantitative estimate of drug-likeness (QED) is 0.908. The molecule has 0 spiro atoms. The fourth-order valence-corrected chi connectivity index (χ4v) is 2.73. The Morgan fingerprint density at radius 3 is 2.62 bits per heavy atom. The Hall–Kier alpha value is -1.59. The summed E-state index contributed by atoms with van der Waals surface area (Å²) in [5, 5.41) is 10.3. The van der Waals surface area contributed by atoms with Gasteiger partial charge in [0.1, 0.15) is 5.75 Å². The number of aliphatic hydroxyl groups excluding tert-OH is 1. The van der Waals surface area contributed by atoms with Gasteiger partial charge in [-0.05, 0) is 44.6 Å². The number of methoxy groups -OCH3 is 1. The maximum Gasteiger partial charge on any atom is 0.256 e. The van der Waals surface area contributed by atoms with Crippen LogP contribution in [0, 0.1) is 0 Å². The fourth-order valence-electron chi connectivity index (χ4n) is 2.73. The van der Waals surface area contributed by atoms with E-state index >= 15 is 0 Å². The van der Waals surface area contributed by atoms with Gasteiger partial charge < -0.3 is 19.6 Å². The second-order valence-electron chi connectivity index (χ2n) is 5.70. The highest BCUT2D eigenvalue weighted by Crippen LogP contribution is 2.23. The van der Waals surface area contributed by atoms with Gasteiger partial charge >= 0.3 is 0 Å². The van der Waals surface area contributed by atoms with Gasteiger partial charge in [0.15, 0.2) is 6.10 Å². The Bertz CT molecular complexity index is 482. The number of nitrogens with zero attached hydrogens (tertiary/aromatic N) is 2. The maximum absolute atomic E-state index is 12.4. The summed E-state index contributed by atoms with van der Waals surface area (Å²) in [6, 6.07) is 7.54. The van der Waals surface area contributed by atoms with Crippen molar-refractivity contribution in [1.82, 2.24) is 9.80 Å². The van der Waals surface area contributed by atoms with E-state index in [1.165, 1.54) is 0 Å². The summed E-state index contributed by atoms with van der Waals surface area (Å²) in [5.74, 6) is 0.422. The lowest BCUT2D eigenvalue weighted by molar-refractivity contribution is -0.142. The van der Waals surface area contributed by atoms with Crippen LogP contribution in [-0.4, -0.2) is 61.2 Å². The number of rotatable bonds is 4. The Kier molecular flexibility index (Phi) is 5.20. The third kappa shape index (κ3) is 3.74. The SMILES string of the molecule is COc1cccc(C(O)C(=O)N2CCC(N(C)C)CC2)c1. The first-order chi connectivity index (χ1) is 10.0. The lowest BCUT2D eigenvalue weighted by atomic mass is 10.0. The van der Waals surface area contributed by atoms with Gasteiger partial charge in [-0.3, -0.25) is 4.79 Å². The molecule has 1 N–H and O–H groups in total. The number of hydrogen-bond donors (Lipinski definition) is 1. The van der Waals surface area contributed by atoms with Crippen molar-refractivity contribution in [2.75, 3.05) is 34.3 Å². The molecule has 0 bridgehead atoms. The average Bonchev–Trinajstić information content (AvgIpc) is 2.53. The molecule has 1 heterocycles.